The van der Waals surface area contributed by atoms with E-state index in [-0.39, 0.29) is 5.91 Å². The quantitative estimate of drug-likeness (QED) is 0.895. The second-order valence-electron chi connectivity index (χ2n) is 5.02. The summed E-state index contributed by atoms with van der Waals surface area (Å²) in [6.45, 7) is 7.28. The van der Waals surface area contributed by atoms with Gasteiger partial charge in [-0.3, -0.25) is 9.78 Å². The first-order valence-corrected chi connectivity index (χ1v) is 7.70. The summed E-state index contributed by atoms with van der Waals surface area (Å²) in [6.07, 6.45) is 3.30. The van der Waals surface area contributed by atoms with E-state index in [1.807, 2.05) is 45.0 Å². The maximum atomic E-state index is 12.4. The summed E-state index contributed by atoms with van der Waals surface area (Å²) in [4.78, 5) is 18.3. The summed E-state index contributed by atoms with van der Waals surface area (Å²) in [7, 11) is 0. The number of hydrogen-bond donors (Lipinski definition) is 1. The highest BCUT2D eigenvalue weighted by Crippen LogP contribution is 2.23. The third kappa shape index (κ3) is 3.77. The highest BCUT2D eigenvalue weighted by Gasteiger charge is 2.13. The first kappa shape index (κ1) is 16.3. The van der Waals surface area contributed by atoms with Gasteiger partial charge in [0.25, 0.3) is 5.91 Å². The lowest BCUT2D eigenvalue weighted by Crippen LogP contribution is -2.30. The van der Waals surface area contributed by atoms with Gasteiger partial charge in [-0.05, 0) is 50.6 Å². The van der Waals surface area contributed by atoms with Crippen LogP contribution in [0.25, 0.3) is 0 Å². The Balaban J connectivity index is 2.23. The Labute approximate surface area is 136 Å². The molecular weight excluding hydrogens is 298 g/mol. The Kier molecular flexibility index (Phi) is 5.39. The van der Waals surface area contributed by atoms with Gasteiger partial charge in [0.1, 0.15) is 0 Å². The number of aromatic nitrogens is 1. The lowest BCUT2D eigenvalue weighted by Gasteiger charge is -2.19. The van der Waals surface area contributed by atoms with E-state index in [0.717, 1.165) is 16.9 Å². The van der Waals surface area contributed by atoms with Gasteiger partial charge in [-0.15, -0.1) is 0 Å². The van der Waals surface area contributed by atoms with Gasteiger partial charge in [0.05, 0.1) is 17.4 Å². The minimum atomic E-state index is -0.00558. The van der Waals surface area contributed by atoms with Crippen LogP contribution in [0.1, 0.15) is 29.8 Å². The molecule has 1 aromatic carbocycles. The van der Waals surface area contributed by atoms with E-state index in [2.05, 4.69) is 10.3 Å². The Morgan fingerprint density at radius 1 is 1.23 bits per heavy atom. The number of amides is 1. The SMILES string of the molecule is CCN(CC)C(=O)c1cncc(Nc2ccc(Cl)cc2C)c1. The molecule has 1 heterocycles. The van der Waals surface area contributed by atoms with Gasteiger partial charge in [-0.25, -0.2) is 0 Å². The second kappa shape index (κ2) is 7.27. The van der Waals surface area contributed by atoms with E-state index in [0.29, 0.717) is 23.7 Å². The van der Waals surface area contributed by atoms with Gasteiger partial charge in [-0.1, -0.05) is 11.6 Å². The largest absolute Gasteiger partial charge is 0.354 e. The zero-order chi connectivity index (χ0) is 16.1. The van der Waals surface area contributed by atoms with E-state index in [4.69, 9.17) is 11.6 Å². The van der Waals surface area contributed by atoms with Gasteiger partial charge in [0.15, 0.2) is 0 Å². The number of anilines is 2. The van der Waals surface area contributed by atoms with Crippen LogP contribution >= 0.6 is 11.6 Å². The normalized spacial score (nSPS) is 10.4. The third-order valence-corrected chi connectivity index (χ3v) is 3.74. The number of hydrogen-bond acceptors (Lipinski definition) is 3. The monoisotopic (exact) mass is 317 g/mol. The summed E-state index contributed by atoms with van der Waals surface area (Å²) < 4.78 is 0. The van der Waals surface area contributed by atoms with Gasteiger partial charge < -0.3 is 10.2 Å². The third-order valence-electron chi connectivity index (χ3n) is 3.50. The number of rotatable bonds is 5. The molecule has 1 aromatic heterocycles. The van der Waals surface area contributed by atoms with Crippen LogP contribution < -0.4 is 5.32 Å². The number of nitrogens with zero attached hydrogens (tertiary/aromatic N) is 2. The molecule has 0 atom stereocenters. The zero-order valence-corrected chi connectivity index (χ0v) is 13.8. The molecule has 0 aliphatic heterocycles. The molecule has 0 saturated carbocycles. The van der Waals surface area contributed by atoms with Crippen molar-refractivity contribution in [3.63, 3.8) is 0 Å². The zero-order valence-electron chi connectivity index (χ0n) is 13.1. The van der Waals surface area contributed by atoms with E-state index >= 15 is 0 Å². The predicted octanol–water partition coefficient (Wildman–Crippen LogP) is 4.27. The molecule has 0 bridgehead atoms. The van der Waals surface area contributed by atoms with Crippen molar-refractivity contribution in [1.29, 1.82) is 0 Å². The Morgan fingerprint density at radius 2 is 1.95 bits per heavy atom. The average molecular weight is 318 g/mol. The molecule has 0 fully saturated rings. The molecular formula is C17H20ClN3O. The summed E-state index contributed by atoms with van der Waals surface area (Å²) in [5.41, 5.74) is 3.34. The van der Waals surface area contributed by atoms with E-state index in [9.17, 15) is 4.79 Å². The minimum absolute atomic E-state index is 0.00558. The first-order chi connectivity index (χ1) is 10.5. The maximum Gasteiger partial charge on any atom is 0.255 e. The molecule has 5 heteroatoms. The van der Waals surface area contributed by atoms with Crippen molar-refractivity contribution in [2.24, 2.45) is 0 Å². The van der Waals surface area contributed by atoms with Crippen LogP contribution in [0.3, 0.4) is 0 Å². The molecule has 2 rings (SSSR count). The van der Waals surface area contributed by atoms with Crippen molar-refractivity contribution in [2.45, 2.75) is 20.8 Å². The molecule has 0 radical (unpaired) electrons. The number of carbonyl (C=O) groups is 1. The van der Waals surface area contributed by atoms with Crippen LogP contribution in [0.4, 0.5) is 11.4 Å². The highest BCUT2D eigenvalue weighted by molar-refractivity contribution is 6.30. The van der Waals surface area contributed by atoms with Gasteiger partial charge in [-0.2, -0.15) is 0 Å². The minimum Gasteiger partial charge on any atom is -0.354 e. The lowest BCUT2D eigenvalue weighted by molar-refractivity contribution is 0.0772. The number of nitrogens with one attached hydrogen (secondary N) is 1. The van der Waals surface area contributed by atoms with Gasteiger partial charge >= 0.3 is 0 Å². The molecule has 22 heavy (non-hydrogen) atoms. The fourth-order valence-corrected chi connectivity index (χ4v) is 2.47. The van der Waals surface area contributed by atoms with Gasteiger partial charge in [0, 0.05) is 30.0 Å². The van der Waals surface area contributed by atoms with Crippen LogP contribution in [0.5, 0.6) is 0 Å². The number of benzene rings is 1. The van der Waals surface area contributed by atoms with E-state index in [1.165, 1.54) is 0 Å². The van der Waals surface area contributed by atoms with Crippen molar-refractivity contribution in [1.82, 2.24) is 9.88 Å². The highest BCUT2D eigenvalue weighted by atomic mass is 35.5. The maximum absolute atomic E-state index is 12.4. The van der Waals surface area contributed by atoms with Crippen LogP contribution in [-0.4, -0.2) is 28.9 Å². The molecule has 0 unspecified atom stereocenters. The summed E-state index contributed by atoms with van der Waals surface area (Å²) in [6, 6.07) is 7.45. The van der Waals surface area contributed by atoms with Crippen molar-refractivity contribution < 1.29 is 4.79 Å². The summed E-state index contributed by atoms with van der Waals surface area (Å²) in [5.74, 6) is -0.00558. The van der Waals surface area contributed by atoms with E-state index in [1.54, 1.807) is 17.3 Å². The molecule has 1 N–H and O–H groups in total. The van der Waals surface area contributed by atoms with Crippen LogP contribution in [0, 0.1) is 6.92 Å². The van der Waals surface area contributed by atoms with Crippen molar-refractivity contribution in [2.75, 3.05) is 18.4 Å². The molecule has 0 aliphatic carbocycles. The Hall–Kier alpha value is -2.07. The molecule has 4 nitrogen and oxygen atoms in total. The second-order valence-corrected chi connectivity index (χ2v) is 5.46. The smallest absolute Gasteiger partial charge is 0.255 e. The molecule has 0 saturated heterocycles. The standard InChI is InChI=1S/C17H20ClN3O/c1-4-21(5-2)17(22)13-9-15(11-19-10-13)20-16-7-6-14(18)8-12(16)3/h6-11,20H,4-5H2,1-3H3. The molecule has 0 aliphatic rings. The van der Waals surface area contributed by atoms with Crippen LogP contribution in [0.15, 0.2) is 36.7 Å². The summed E-state index contributed by atoms with van der Waals surface area (Å²) >= 11 is 5.96. The average Bonchev–Trinajstić information content (AvgIpc) is 2.51. The number of carbonyl (C=O) groups excluding carboxylic acids is 1. The first-order valence-electron chi connectivity index (χ1n) is 7.32. The van der Waals surface area contributed by atoms with Gasteiger partial charge in [0.2, 0.25) is 0 Å². The molecule has 1 amide bonds. The Bertz CT molecular complexity index is 669. The topological polar surface area (TPSA) is 45.2 Å². The summed E-state index contributed by atoms with van der Waals surface area (Å²) in [5, 5.41) is 3.98. The number of pyridine rings is 1. The van der Waals surface area contributed by atoms with Crippen molar-refractivity contribution in [3.05, 3.63) is 52.8 Å². The van der Waals surface area contributed by atoms with Crippen LogP contribution in [-0.2, 0) is 0 Å². The molecule has 2 aromatic rings. The van der Waals surface area contributed by atoms with E-state index < -0.39 is 0 Å². The molecule has 0 spiro atoms. The molecule has 116 valence electrons. The lowest BCUT2D eigenvalue weighted by atomic mass is 10.2. The fourth-order valence-electron chi connectivity index (χ4n) is 2.24. The Morgan fingerprint density at radius 3 is 2.59 bits per heavy atom. The van der Waals surface area contributed by atoms with Crippen molar-refractivity contribution >= 4 is 28.9 Å². The number of aryl methyl sites for hydroxylation is 1. The number of halogens is 1. The fraction of sp³-hybridized carbons (Fsp3) is 0.294. The van der Waals surface area contributed by atoms with Crippen LogP contribution in [0.2, 0.25) is 5.02 Å². The predicted molar refractivity (Wildman–Crippen MR) is 91.0 cm³/mol. The van der Waals surface area contributed by atoms with Crippen molar-refractivity contribution in [3.8, 4) is 0 Å².